The molecule has 176 valence electrons. The van der Waals surface area contributed by atoms with Crippen LogP contribution in [-0.4, -0.2) is 71.2 Å². The molecule has 13 heteroatoms. The molecule has 3 rings (SSSR count). The molecule has 1 aromatic carbocycles. The molecule has 3 N–H and O–H groups in total. The average Bonchev–Trinajstić information content (AvgIpc) is 3.17. The van der Waals surface area contributed by atoms with Crippen molar-refractivity contribution in [1.82, 2.24) is 14.6 Å². The van der Waals surface area contributed by atoms with Gasteiger partial charge in [0.15, 0.2) is 0 Å². The number of aryl methyl sites for hydroxylation is 1. The van der Waals surface area contributed by atoms with Crippen LogP contribution in [0.3, 0.4) is 0 Å². The minimum Gasteiger partial charge on any atom is -0.475 e. The average molecular weight is 477 g/mol. The first kappa shape index (κ1) is 25.5. The summed E-state index contributed by atoms with van der Waals surface area (Å²) < 4.78 is 59.2. The molecule has 32 heavy (non-hydrogen) atoms. The molecule has 0 unspecified atom stereocenters. The summed E-state index contributed by atoms with van der Waals surface area (Å²) in [6, 6.07) is 4.89. The third-order valence-electron chi connectivity index (χ3n) is 4.70. The van der Waals surface area contributed by atoms with Crippen molar-refractivity contribution in [3.63, 3.8) is 0 Å². The molecular weight excluding hydrogens is 455 g/mol. The van der Waals surface area contributed by atoms with E-state index >= 15 is 0 Å². The maximum absolute atomic E-state index is 13.1. The lowest BCUT2D eigenvalue weighted by molar-refractivity contribution is -0.192. The summed E-state index contributed by atoms with van der Waals surface area (Å²) in [6.07, 6.45) is -2.41. The van der Waals surface area contributed by atoms with E-state index in [4.69, 9.17) is 9.90 Å². The molecule has 2 aromatic rings. The second-order valence-electron chi connectivity index (χ2n) is 7.14. The van der Waals surface area contributed by atoms with Gasteiger partial charge >= 0.3 is 12.1 Å². The number of alkyl halides is 3. The Morgan fingerprint density at radius 1 is 1.25 bits per heavy atom. The fourth-order valence-electron chi connectivity index (χ4n) is 3.06. The SMILES string of the molecule is Cc1cncc2c(S(=O)(=O)N3CC[C@H](NC(=O)[C@@H](C)O)C3)cccc12.O=C(O)C(F)(F)F. The van der Waals surface area contributed by atoms with Gasteiger partial charge in [0, 0.05) is 36.9 Å². The summed E-state index contributed by atoms with van der Waals surface area (Å²) in [4.78, 5) is 24.8. The monoisotopic (exact) mass is 477 g/mol. The van der Waals surface area contributed by atoms with Crippen molar-refractivity contribution >= 4 is 32.7 Å². The van der Waals surface area contributed by atoms with Crippen molar-refractivity contribution in [3.8, 4) is 0 Å². The van der Waals surface area contributed by atoms with Gasteiger partial charge in [0.2, 0.25) is 15.9 Å². The lowest BCUT2D eigenvalue weighted by Gasteiger charge is -2.19. The van der Waals surface area contributed by atoms with Crippen LogP contribution in [0.1, 0.15) is 18.9 Å². The summed E-state index contributed by atoms with van der Waals surface area (Å²) in [5, 5.41) is 20.5. The number of carboxylic acids is 1. The van der Waals surface area contributed by atoms with Crippen LogP contribution < -0.4 is 5.32 Å². The van der Waals surface area contributed by atoms with Crippen LogP contribution in [-0.2, 0) is 19.6 Å². The highest BCUT2D eigenvalue weighted by Gasteiger charge is 2.38. The standard InChI is InChI=1S/C17H21N3O4S.C2HF3O2/c1-11-8-18-9-15-14(11)4-3-5-16(15)25(23,24)20-7-6-13(10-20)19-17(22)12(2)21;3-2(4,5)1(6)7/h3-5,8-9,12-13,21H,6-7,10H2,1-2H3,(H,19,22);(H,6,7)/t12-,13+;/m1./s1. The summed E-state index contributed by atoms with van der Waals surface area (Å²) in [6.45, 7) is 3.78. The van der Waals surface area contributed by atoms with Crippen LogP contribution in [0.15, 0.2) is 35.5 Å². The van der Waals surface area contributed by atoms with Crippen molar-refractivity contribution in [2.24, 2.45) is 0 Å². The zero-order chi connectivity index (χ0) is 24.3. The van der Waals surface area contributed by atoms with Crippen molar-refractivity contribution in [1.29, 1.82) is 0 Å². The van der Waals surface area contributed by atoms with E-state index in [1.807, 2.05) is 13.0 Å². The number of pyridine rings is 1. The molecule has 0 spiro atoms. The van der Waals surface area contributed by atoms with Gasteiger partial charge < -0.3 is 15.5 Å². The number of aliphatic carboxylic acids is 1. The first-order valence-electron chi connectivity index (χ1n) is 9.37. The van der Waals surface area contributed by atoms with Gasteiger partial charge in [-0.3, -0.25) is 9.78 Å². The van der Waals surface area contributed by atoms with Gasteiger partial charge in [0.25, 0.3) is 0 Å². The van der Waals surface area contributed by atoms with Crippen LogP contribution >= 0.6 is 0 Å². The number of hydrogen-bond acceptors (Lipinski definition) is 6. The number of sulfonamides is 1. The Morgan fingerprint density at radius 3 is 2.44 bits per heavy atom. The predicted molar refractivity (Wildman–Crippen MR) is 107 cm³/mol. The van der Waals surface area contributed by atoms with Gasteiger partial charge in [0.1, 0.15) is 6.10 Å². The number of carbonyl (C=O) groups is 2. The van der Waals surface area contributed by atoms with Gasteiger partial charge in [0.05, 0.1) is 4.90 Å². The molecule has 1 amide bonds. The number of amides is 1. The number of carboxylic acid groups (broad SMARTS) is 1. The molecule has 9 nitrogen and oxygen atoms in total. The highest BCUT2D eigenvalue weighted by molar-refractivity contribution is 7.89. The van der Waals surface area contributed by atoms with Gasteiger partial charge in [-0.15, -0.1) is 0 Å². The Kier molecular flexibility index (Phi) is 7.80. The van der Waals surface area contributed by atoms with E-state index in [0.29, 0.717) is 18.4 Å². The van der Waals surface area contributed by atoms with Crippen molar-refractivity contribution in [2.75, 3.05) is 13.1 Å². The second-order valence-corrected chi connectivity index (χ2v) is 9.05. The topological polar surface area (TPSA) is 137 Å². The summed E-state index contributed by atoms with van der Waals surface area (Å²) in [5.41, 5.74) is 0.915. The number of aliphatic hydroxyl groups is 1. The highest BCUT2D eigenvalue weighted by atomic mass is 32.2. The number of halogens is 3. The Labute approximate surface area is 181 Å². The highest BCUT2D eigenvalue weighted by Crippen LogP contribution is 2.28. The van der Waals surface area contributed by atoms with E-state index < -0.39 is 34.2 Å². The summed E-state index contributed by atoms with van der Waals surface area (Å²) in [7, 11) is -3.69. The molecule has 1 fully saturated rings. The lowest BCUT2D eigenvalue weighted by Crippen LogP contribution is -2.42. The van der Waals surface area contributed by atoms with Crippen LogP contribution in [0.4, 0.5) is 13.2 Å². The largest absolute Gasteiger partial charge is 0.490 e. The quantitative estimate of drug-likeness (QED) is 0.606. The first-order chi connectivity index (χ1) is 14.7. The fraction of sp³-hybridized carbons (Fsp3) is 0.421. The molecule has 0 saturated carbocycles. The Bertz CT molecular complexity index is 1110. The minimum absolute atomic E-state index is 0.191. The smallest absolute Gasteiger partial charge is 0.475 e. The fourth-order valence-corrected chi connectivity index (χ4v) is 4.76. The minimum atomic E-state index is -5.08. The third kappa shape index (κ3) is 5.93. The normalized spacial score (nSPS) is 18.0. The Hall–Kier alpha value is -2.77. The molecule has 1 aromatic heterocycles. The van der Waals surface area contributed by atoms with Crippen LogP contribution in [0.25, 0.3) is 10.8 Å². The number of rotatable bonds is 4. The van der Waals surface area contributed by atoms with Gasteiger partial charge in [-0.1, -0.05) is 12.1 Å². The lowest BCUT2D eigenvalue weighted by atomic mass is 10.1. The number of aromatic nitrogens is 1. The van der Waals surface area contributed by atoms with E-state index in [-0.39, 0.29) is 17.5 Å². The number of carbonyl (C=O) groups excluding carboxylic acids is 1. The number of hydrogen-bond donors (Lipinski definition) is 3. The van der Waals surface area contributed by atoms with Crippen molar-refractivity contribution < 1.29 is 41.4 Å². The van der Waals surface area contributed by atoms with Gasteiger partial charge in [-0.05, 0) is 37.3 Å². The molecule has 2 atom stereocenters. The molecule has 1 aliphatic heterocycles. The molecule has 2 heterocycles. The molecule has 1 aliphatic rings. The maximum atomic E-state index is 13.1. The van der Waals surface area contributed by atoms with E-state index in [1.54, 1.807) is 24.5 Å². The number of nitrogens with one attached hydrogen (secondary N) is 1. The van der Waals surface area contributed by atoms with E-state index in [2.05, 4.69) is 10.3 Å². The van der Waals surface area contributed by atoms with Crippen LogP contribution in [0.2, 0.25) is 0 Å². The van der Waals surface area contributed by atoms with Crippen molar-refractivity contribution in [2.45, 2.75) is 43.5 Å². The Morgan fingerprint density at radius 2 is 1.88 bits per heavy atom. The molecule has 0 aliphatic carbocycles. The van der Waals surface area contributed by atoms with Gasteiger partial charge in [-0.2, -0.15) is 17.5 Å². The maximum Gasteiger partial charge on any atom is 0.490 e. The van der Waals surface area contributed by atoms with E-state index in [9.17, 15) is 31.5 Å². The summed E-state index contributed by atoms with van der Waals surface area (Å²) >= 11 is 0. The zero-order valence-corrected chi connectivity index (χ0v) is 17.9. The van der Waals surface area contributed by atoms with Crippen LogP contribution in [0.5, 0.6) is 0 Å². The Balaban J connectivity index is 0.000000451. The first-order valence-corrected chi connectivity index (χ1v) is 10.8. The molecule has 0 bridgehead atoms. The molecular formula is C19H22F3N3O6S. The number of benzene rings is 1. The molecule has 1 saturated heterocycles. The zero-order valence-electron chi connectivity index (χ0n) is 17.1. The predicted octanol–water partition coefficient (Wildman–Crippen LogP) is 1.44. The molecule has 0 radical (unpaired) electrons. The van der Waals surface area contributed by atoms with Crippen molar-refractivity contribution in [3.05, 3.63) is 36.2 Å². The van der Waals surface area contributed by atoms with E-state index in [1.165, 1.54) is 11.2 Å². The summed E-state index contributed by atoms with van der Waals surface area (Å²) in [5.74, 6) is -3.25. The second kappa shape index (κ2) is 9.79. The number of aliphatic hydroxyl groups excluding tert-OH is 1. The van der Waals surface area contributed by atoms with Gasteiger partial charge in [-0.25, -0.2) is 13.2 Å². The number of nitrogens with zero attached hydrogens (tertiary/aromatic N) is 2. The third-order valence-corrected chi connectivity index (χ3v) is 6.62. The number of fused-ring (bicyclic) bond motifs is 1. The van der Waals surface area contributed by atoms with Crippen LogP contribution in [0, 0.1) is 6.92 Å². The van der Waals surface area contributed by atoms with E-state index in [0.717, 1.165) is 10.9 Å².